The summed E-state index contributed by atoms with van der Waals surface area (Å²) in [5.41, 5.74) is 3.05. The molecule has 7 heteroatoms. The molecule has 0 bridgehead atoms. The number of ether oxygens (including phenoxy) is 1. The number of amides is 1. The molecule has 3 aromatic rings. The molecule has 0 aliphatic carbocycles. The van der Waals surface area contributed by atoms with E-state index in [2.05, 4.69) is 29.0 Å². The van der Waals surface area contributed by atoms with Crippen molar-refractivity contribution in [2.45, 2.75) is 13.0 Å². The lowest BCUT2D eigenvalue weighted by molar-refractivity contribution is 0.0566. The zero-order valence-electron chi connectivity index (χ0n) is 16.9. The van der Waals surface area contributed by atoms with Crippen LogP contribution in [-0.4, -0.2) is 70.3 Å². The van der Waals surface area contributed by atoms with E-state index in [0.717, 1.165) is 23.5 Å². The van der Waals surface area contributed by atoms with Crippen LogP contribution in [0.1, 0.15) is 17.4 Å². The Hall–Kier alpha value is -3.19. The summed E-state index contributed by atoms with van der Waals surface area (Å²) in [6.07, 6.45) is 1.70. The minimum absolute atomic E-state index is 0.0395. The Morgan fingerprint density at radius 3 is 2.59 bits per heavy atom. The van der Waals surface area contributed by atoms with E-state index in [1.54, 1.807) is 24.1 Å². The van der Waals surface area contributed by atoms with E-state index in [0.29, 0.717) is 30.7 Å². The van der Waals surface area contributed by atoms with Crippen molar-refractivity contribution < 1.29 is 9.53 Å². The molecule has 0 N–H and O–H groups in total. The molecule has 1 aliphatic heterocycles. The molecule has 0 spiro atoms. The Labute approximate surface area is 170 Å². The van der Waals surface area contributed by atoms with Gasteiger partial charge in [-0.1, -0.05) is 30.3 Å². The number of hydrogen-bond acceptors (Lipinski definition) is 5. The highest BCUT2D eigenvalue weighted by Crippen LogP contribution is 2.25. The third-order valence-electron chi connectivity index (χ3n) is 5.42. The first-order valence-electron chi connectivity index (χ1n) is 9.72. The van der Waals surface area contributed by atoms with Crippen molar-refractivity contribution in [2.75, 3.05) is 33.8 Å². The quantitative estimate of drug-likeness (QED) is 0.684. The summed E-state index contributed by atoms with van der Waals surface area (Å²) in [6, 6.07) is 15.8. The molecule has 0 radical (unpaired) electrons. The molecule has 2 aromatic heterocycles. The van der Waals surface area contributed by atoms with E-state index in [9.17, 15) is 4.79 Å². The Balaban J connectivity index is 1.72. The molecule has 1 amide bonds. The predicted molar refractivity (Wildman–Crippen MR) is 111 cm³/mol. The van der Waals surface area contributed by atoms with Gasteiger partial charge in [-0.3, -0.25) is 4.79 Å². The molecule has 1 aromatic carbocycles. The number of piperazine rings is 1. The van der Waals surface area contributed by atoms with Gasteiger partial charge in [0.2, 0.25) is 5.88 Å². The van der Waals surface area contributed by atoms with E-state index < -0.39 is 0 Å². The van der Waals surface area contributed by atoms with Crippen LogP contribution in [0.25, 0.3) is 16.9 Å². The lowest BCUT2D eigenvalue weighted by atomic mass is 10.1. The zero-order valence-corrected chi connectivity index (χ0v) is 16.9. The largest absolute Gasteiger partial charge is 0.481 e. The Morgan fingerprint density at radius 2 is 1.93 bits per heavy atom. The van der Waals surface area contributed by atoms with Crippen molar-refractivity contribution in [2.24, 2.45) is 0 Å². The molecule has 150 valence electrons. The van der Waals surface area contributed by atoms with Gasteiger partial charge in [-0.2, -0.15) is 5.10 Å². The standard InChI is InChI=1S/C22H25N5O2/c1-16-15-26(12-11-25(16)2)22(28)19-13-20(17-7-5-4-6-8-17)27(24-19)18-9-10-21(29-3)23-14-18/h4-10,13-14,16H,11-12,15H2,1-3H3. The van der Waals surface area contributed by atoms with Crippen LogP contribution in [0.4, 0.5) is 0 Å². The van der Waals surface area contributed by atoms with Crippen molar-refractivity contribution in [1.82, 2.24) is 24.6 Å². The number of likely N-dealkylation sites (N-methyl/N-ethyl adjacent to an activating group) is 1. The van der Waals surface area contributed by atoms with E-state index >= 15 is 0 Å². The van der Waals surface area contributed by atoms with Gasteiger partial charge in [-0.25, -0.2) is 9.67 Å². The average Bonchev–Trinajstić information content (AvgIpc) is 3.21. The van der Waals surface area contributed by atoms with E-state index in [-0.39, 0.29) is 5.91 Å². The van der Waals surface area contributed by atoms with Gasteiger partial charge in [0.25, 0.3) is 5.91 Å². The van der Waals surface area contributed by atoms with Crippen LogP contribution in [0.15, 0.2) is 54.7 Å². The van der Waals surface area contributed by atoms with E-state index in [1.807, 2.05) is 47.4 Å². The lowest BCUT2D eigenvalue weighted by Gasteiger charge is -2.37. The summed E-state index contributed by atoms with van der Waals surface area (Å²) in [5.74, 6) is 0.493. The first kappa shape index (κ1) is 19.1. The fraction of sp³-hybridized carbons (Fsp3) is 0.318. The van der Waals surface area contributed by atoms with Gasteiger partial charge in [0.05, 0.1) is 24.7 Å². The number of carbonyl (C=O) groups excluding carboxylic acids is 1. The van der Waals surface area contributed by atoms with Gasteiger partial charge in [0.15, 0.2) is 5.69 Å². The summed E-state index contributed by atoms with van der Waals surface area (Å²) in [4.78, 5) is 21.6. The summed E-state index contributed by atoms with van der Waals surface area (Å²) < 4.78 is 6.93. The average molecular weight is 391 g/mol. The molecule has 29 heavy (non-hydrogen) atoms. The lowest BCUT2D eigenvalue weighted by Crippen LogP contribution is -2.52. The summed E-state index contributed by atoms with van der Waals surface area (Å²) in [6.45, 7) is 4.41. The predicted octanol–water partition coefficient (Wildman–Crippen LogP) is 2.72. The second kappa shape index (κ2) is 8.05. The van der Waals surface area contributed by atoms with E-state index in [1.165, 1.54) is 0 Å². The first-order valence-corrected chi connectivity index (χ1v) is 9.72. The van der Waals surface area contributed by atoms with Crippen LogP contribution in [0, 0.1) is 0 Å². The molecule has 1 saturated heterocycles. The summed E-state index contributed by atoms with van der Waals surface area (Å²) in [5, 5.41) is 4.66. The molecular weight excluding hydrogens is 366 g/mol. The highest BCUT2D eigenvalue weighted by atomic mass is 16.5. The fourth-order valence-electron chi connectivity index (χ4n) is 3.51. The number of rotatable bonds is 4. The third-order valence-corrected chi connectivity index (χ3v) is 5.42. The first-order chi connectivity index (χ1) is 14.1. The monoisotopic (exact) mass is 391 g/mol. The second-order valence-corrected chi connectivity index (χ2v) is 7.33. The summed E-state index contributed by atoms with van der Waals surface area (Å²) >= 11 is 0. The van der Waals surface area contributed by atoms with Crippen molar-refractivity contribution in [3.8, 4) is 22.8 Å². The number of carbonyl (C=O) groups is 1. The van der Waals surface area contributed by atoms with Crippen LogP contribution in [0.2, 0.25) is 0 Å². The Kier molecular flexibility index (Phi) is 5.31. The van der Waals surface area contributed by atoms with Gasteiger partial charge in [0.1, 0.15) is 0 Å². The molecule has 4 rings (SSSR count). The maximum atomic E-state index is 13.2. The van der Waals surface area contributed by atoms with Crippen molar-refractivity contribution in [3.05, 3.63) is 60.4 Å². The highest BCUT2D eigenvalue weighted by molar-refractivity contribution is 5.93. The highest BCUT2D eigenvalue weighted by Gasteiger charge is 2.27. The number of hydrogen-bond donors (Lipinski definition) is 0. The number of nitrogens with zero attached hydrogens (tertiary/aromatic N) is 5. The topological polar surface area (TPSA) is 63.5 Å². The van der Waals surface area contributed by atoms with Crippen LogP contribution < -0.4 is 4.74 Å². The minimum atomic E-state index is -0.0395. The van der Waals surface area contributed by atoms with Gasteiger partial charge in [0, 0.05) is 37.3 Å². The molecule has 3 heterocycles. The van der Waals surface area contributed by atoms with Crippen molar-refractivity contribution in [1.29, 1.82) is 0 Å². The van der Waals surface area contributed by atoms with Crippen LogP contribution in [-0.2, 0) is 0 Å². The number of methoxy groups -OCH3 is 1. The van der Waals surface area contributed by atoms with Crippen LogP contribution in [0.3, 0.4) is 0 Å². The number of aromatic nitrogens is 3. The van der Waals surface area contributed by atoms with Crippen molar-refractivity contribution in [3.63, 3.8) is 0 Å². The molecule has 1 unspecified atom stereocenters. The molecule has 0 saturated carbocycles. The maximum Gasteiger partial charge on any atom is 0.274 e. The number of benzene rings is 1. The van der Waals surface area contributed by atoms with Gasteiger partial charge in [-0.15, -0.1) is 0 Å². The normalized spacial score (nSPS) is 17.3. The molecule has 1 aliphatic rings. The SMILES string of the molecule is COc1ccc(-n2nc(C(=O)N3CCN(C)C(C)C3)cc2-c2ccccc2)cn1. The maximum absolute atomic E-state index is 13.2. The fourth-order valence-corrected chi connectivity index (χ4v) is 3.51. The summed E-state index contributed by atoms with van der Waals surface area (Å²) in [7, 11) is 3.67. The zero-order chi connectivity index (χ0) is 20.4. The van der Waals surface area contributed by atoms with Crippen molar-refractivity contribution >= 4 is 5.91 Å². The van der Waals surface area contributed by atoms with Crippen LogP contribution in [0.5, 0.6) is 5.88 Å². The Bertz CT molecular complexity index is 984. The smallest absolute Gasteiger partial charge is 0.274 e. The minimum Gasteiger partial charge on any atom is -0.481 e. The van der Waals surface area contributed by atoms with Crippen LogP contribution >= 0.6 is 0 Å². The molecular formula is C22H25N5O2. The van der Waals surface area contributed by atoms with E-state index in [4.69, 9.17) is 4.74 Å². The van der Waals surface area contributed by atoms with Gasteiger partial charge < -0.3 is 14.5 Å². The molecule has 1 fully saturated rings. The van der Waals surface area contributed by atoms with Gasteiger partial charge >= 0.3 is 0 Å². The molecule has 7 nitrogen and oxygen atoms in total. The number of pyridine rings is 1. The van der Waals surface area contributed by atoms with Gasteiger partial charge in [-0.05, 0) is 26.1 Å². The third kappa shape index (κ3) is 3.86. The Morgan fingerprint density at radius 1 is 1.14 bits per heavy atom. The second-order valence-electron chi connectivity index (χ2n) is 7.33. The molecule has 1 atom stereocenters.